The van der Waals surface area contributed by atoms with Crippen LogP contribution in [0.3, 0.4) is 0 Å². The molecule has 8 nitrogen and oxygen atoms in total. The number of hydrogen-bond acceptors (Lipinski definition) is 6. The molecule has 1 aliphatic rings. The van der Waals surface area contributed by atoms with Gasteiger partial charge in [-0.05, 0) is 42.7 Å². The van der Waals surface area contributed by atoms with E-state index in [1.54, 1.807) is 12.4 Å². The molecule has 0 radical (unpaired) electrons. The summed E-state index contributed by atoms with van der Waals surface area (Å²) in [6, 6.07) is 16.1. The van der Waals surface area contributed by atoms with Crippen LogP contribution in [0.4, 0.5) is 17.2 Å². The van der Waals surface area contributed by atoms with Crippen LogP contribution in [-0.4, -0.2) is 40.3 Å². The summed E-state index contributed by atoms with van der Waals surface area (Å²) in [5.74, 6) is 0.416. The second-order valence-corrected chi connectivity index (χ2v) is 9.07. The van der Waals surface area contributed by atoms with E-state index in [0.717, 1.165) is 39.7 Å². The number of nitrogens with one attached hydrogen (secondary N) is 2. The third-order valence-electron chi connectivity index (χ3n) is 6.86. The van der Waals surface area contributed by atoms with E-state index in [-0.39, 0.29) is 11.8 Å². The van der Waals surface area contributed by atoms with Gasteiger partial charge in [0.05, 0.1) is 11.6 Å². The third kappa shape index (κ3) is 4.01. The second kappa shape index (κ2) is 8.87. The van der Waals surface area contributed by atoms with Crippen molar-refractivity contribution < 1.29 is 9.59 Å². The molecule has 1 aliphatic heterocycles. The summed E-state index contributed by atoms with van der Waals surface area (Å²) in [5.41, 5.74) is 4.78. The molecule has 1 saturated heterocycles. The Morgan fingerprint density at radius 3 is 2.49 bits per heavy atom. The highest BCUT2D eigenvalue weighted by atomic mass is 16.2. The van der Waals surface area contributed by atoms with Crippen LogP contribution in [0.1, 0.15) is 31.7 Å². The van der Waals surface area contributed by atoms with Gasteiger partial charge >= 0.3 is 0 Å². The van der Waals surface area contributed by atoms with E-state index in [4.69, 9.17) is 4.98 Å². The van der Waals surface area contributed by atoms with Crippen molar-refractivity contribution >= 4 is 34.7 Å². The molecule has 2 N–H and O–H groups in total. The van der Waals surface area contributed by atoms with Gasteiger partial charge in [0.2, 0.25) is 11.8 Å². The highest BCUT2D eigenvalue weighted by molar-refractivity contribution is 6.03. The minimum Gasteiger partial charge on any atom is -0.378 e. The Hall–Kier alpha value is -4.20. The topological polar surface area (TPSA) is 91.6 Å². The molecule has 0 bridgehead atoms. The number of amides is 2. The molecule has 35 heavy (non-hydrogen) atoms. The quantitative estimate of drug-likeness (QED) is 0.410. The zero-order valence-electron chi connectivity index (χ0n) is 20.1. The number of anilines is 3. The predicted octanol–water partition coefficient (Wildman–Crippen LogP) is 4.29. The summed E-state index contributed by atoms with van der Waals surface area (Å²) in [4.78, 5) is 35.5. The lowest BCUT2D eigenvalue weighted by atomic mass is 9.72. The van der Waals surface area contributed by atoms with Crippen LogP contribution in [0.2, 0.25) is 0 Å². The number of hydrogen-bond donors (Lipinski definition) is 2. The van der Waals surface area contributed by atoms with Crippen molar-refractivity contribution in [1.82, 2.24) is 19.7 Å². The first-order chi connectivity index (χ1) is 16.9. The number of piperidine rings is 1. The van der Waals surface area contributed by atoms with Crippen LogP contribution >= 0.6 is 0 Å². The van der Waals surface area contributed by atoms with E-state index in [1.807, 2.05) is 55.9 Å². The summed E-state index contributed by atoms with van der Waals surface area (Å²) in [5, 5.41) is 6.03. The van der Waals surface area contributed by atoms with Gasteiger partial charge < -0.3 is 10.2 Å². The Morgan fingerprint density at radius 1 is 1.09 bits per heavy atom. The Morgan fingerprint density at radius 2 is 1.83 bits per heavy atom. The zero-order chi connectivity index (χ0) is 24.6. The number of nitrogens with zero attached hydrogens (tertiary/aromatic N) is 4. The number of imide groups is 1. The molecule has 2 aromatic carbocycles. The van der Waals surface area contributed by atoms with Crippen LogP contribution in [0.15, 0.2) is 67.1 Å². The van der Waals surface area contributed by atoms with Crippen LogP contribution in [-0.2, 0) is 15.0 Å². The Balaban J connectivity index is 1.49. The molecular formula is C27H28N6O2. The molecule has 0 unspecified atom stereocenters. The highest BCUT2D eigenvalue weighted by Gasteiger charge is 2.42. The molecule has 3 heterocycles. The second-order valence-electron chi connectivity index (χ2n) is 9.07. The summed E-state index contributed by atoms with van der Waals surface area (Å²) in [6.45, 7) is 1.99. The van der Waals surface area contributed by atoms with Crippen LogP contribution in [0.5, 0.6) is 0 Å². The van der Waals surface area contributed by atoms with E-state index in [2.05, 4.69) is 44.8 Å². The number of aromatic nitrogens is 3. The first-order valence-electron chi connectivity index (χ1n) is 11.7. The summed E-state index contributed by atoms with van der Waals surface area (Å²) in [7, 11) is 4.03. The highest BCUT2D eigenvalue weighted by Crippen LogP contribution is 2.37. The molecule has 1 atom stereocenters. The normalized spacial score (nSPS) is 17.9. The van der Waals surface area contributed by atoms with Gasteiger partial charge in [-0.2, -0.15) is 0 Å². The summed E-state index contributed by atoms with van der Waals surface area (Å²) in [6.07, 6.45) is 6.86. The van der Waals surface area contributed by atoms with Gasteiger partial charge in [0, 0.05) is 49.8 Å². The molecular weight excluding hydrogens is 440 g/mol. The number of carbonyl (C=O) groups excluding carboxylic acids is 2. The maximum Gasteiger partial charge on any atom is 0.237 e. The van der Waals surface area contributed by atoms with Crippen molar-refractivity contribution in [1.29, 1.82) is 0 Å². The summed E-state index contributed by atoms with van der Waals surface area (Å²) < 4.78 is 1.98. The number of rotatable bonds is 6. The van der Waals surface area contributed by atoms with Crippen molar-refractivity contribution in [3.63, 3.8) is 0 Å². The number of imidazole rings is 1. The largest absolute Gasteiger partial charge is 0.378 e. The van der Waals surface area contributed by atoms with Crippen LogP contribution < -0.4 is 15.5 Å². The molecule has 8 heteroatoms. The average molecular weight is 469 g/mol. The fourth-order valence-electron chi connectivity index (χ4n) is 4.72. The SMILES string of the molecule is CC[C@@]1(c2ccc(Nc3c(-c4ccc(N(C)C)cc4)nc4cnccn34)cc2)CCC(=O)NC1=O. The number of carbonyl (C=O) groups is 2. The predicted molar refractivity (Wildman–Crippen MR) is 137 cm³/mol. The molecule has 2 amide bonds. The minimum atomic E-state index is -0.680. The van der Waals surface area contributed by atoms with E-state index in [0.29, 0.717) is 19.3 Å². The lowest BCUT2D eigenvalue weighted by molar-refractivity contribution is -0.138. The first-order valence-corrected chi connectivity index (χ1v) is 11.7. The van der Waals surface area contributed by atoms with Crippen molar-refractivity contribution in [2.75, 3.05) is 24.3 Å². The number of benzene rings is 2. The van der Waals surface area contributed by atoms with Crippen LogP contribution in [0, 0.1) is 0 Å². The van der Waals surface area contributed by atoms with Gasteiger partial charge in [0.25, 0.3) is 0 Å². The lowest BCUT2D eigenvalue weighted by Gasteiger charge is -2.35. The molecule has 0 saturated carbocycles. The first kappa shape index (κ1) is 22.6. The fourth-order valence-corrected chi connectivity index (χ4v) is 4.72. The molecule has 178 valence electrons. The monoisotopic (exact) mass is 468 g/mol. The van der Waals surface area contributed by atoms with E-state index in [9.17, 15) is 9.59 Å². The molecule has 0 aliphatic carbocycles. The van der Waals surface area contributed by atoms with Crippen molar-refractivity contribution in [3.05, 3.63) is 72.7 Å². The fraction of sp³-hybridized carbons (Fsp3) is 0.259. The van der Waals surface area contributed by atoms with Gasteiger partial charge in [0.1, 0.15) is 11.5 Å². The Kier molecular flexibility index (Phi) is 5.72. The maximum atomic E-state index is 12.7. The third-order valence-corrected chi connectivity index (χ3v) is 6.86. The molecule has 1 fully saturated rings. The zero-order valence-corrected chi connectivity index (χ0v) is 20.1. The Bertz CT molecular complexity index is 1390. The van der Waals surface area contributed by atoms with Crippen molar-refractivity contribution in [3.8, 4) is 11.3 Å². The molecule has 5 rings (SSSR count). The van der Waals surface area contributed by atoms with E-state index < -0.39 is 5.41 Å². The lowest BCUT2D eigenvalue weighted by Crippen LogP contribution is -2.51. The van der Waals surface area contributed by atoms with Gasteiger partial charge in [-0.3, -0.25) is 24.3 Å². The summed E-state index contributed by atoms with van der Waals surface area (Å²) >= 11 is 0. The van der Waals surface area contributed by atoms with Gasteiger partial charge in [-0.15, -0.1) is 0 Å². The number of fused-ring (bicyclic) bond motifs is 1. The molecule has 2 aromatic heterocycles. The smallest absolute Gasteiger partial charge is 0.237 e. The van der Waals surface area contributed by atoms with Crippen molar-refractivity contribution in [2.24, 2.45) is 0 Å². The van der Waals surface area contributed by atoms with E-state index >= 15 is 0 Å². The molecule has 4 aromatic rings. The Labute approximate surface area is 204 Å². The standard InChI is InChI=1S/C27H28N6O2/c1-4-27(14-13-23(34)31-26(27)35)19-7-9-20(10-8-19)29-25-24(30-22-17-28-15-16-33(22)25)18-5-11-21(12-6-18)32(2)3/h5-12,15-17,29H,4,13-14H2,1-3H3,(H,31,34,35)/t27-/m0/s1. The molecule has 0 spiro atoms. The van der Waals surface area contributed by atoms with Crippen molar-refractivity contribution in [2.45, 2.75) is 31.6 Å². The van der Waals surface area contributed by atoms with E-state index in [1.165, 1.54) is 0 Å². The van der Waals surface area contributed by atoms with Crippen LogP contribution in [0.25, 0.3) is 16.9 Å². The van der Waals surface area contributed by atoms with Gasteiger partial charge in [0.15, 0.2) is 5.65 Å². The van der Waals surface area contributed by atoms with Gasteiger partial charge in [-0.1, -0.05) is 31.2 Å². The van der Waals surface area contributed by atoms with Gasteiger partial charge in [-0.25, -0.2) is 4.98 Å². The minimum absolute atomic E-state index is 0.203. The maximum absolute atomic E-state index is 12.7. The average Bonchev–Trinajstić information content (AvgIpc) is 3.23.